The highest BCUT2D eigenvalue weighted by Crippen LogP contribution is 2.23. The Bertz CT molecular complexity index is 888. The highest BCUT2D eigenvalue weighted by Gasteiger charge is 2.20. The highest BCUT2D eigenvalue weighted by atomic mass is 19.1. The molecule has 0 bridgehead atoms. The van der Waals surface area contributed by atoms with Gasteiger partial charge in [0, 0.05) is 11.1 Å². The number of carbonyl (C=O) groups excluding carboxylic acids is 2. The molecule has 6 nitrogen and oxygen atoms in total. The first-order valence-electron chi connectivity index (χ1n) is 7.42. The maximum atomic E-state index is 12.9. The summed E-state index contributed by atoms with van der Waals surface area (Å²) in [6, 6.07) is 11.6. The lowest BCUT2D eigenvalue weighted by atomic mass is 10.1. The average molecular weight is 340 g/mol. The second-order valence-electron chi connectivity index (χ2n) is 5.24. The van der Waals surface area contributed by atoms with Crippen LogP contribution in [0.25, 0.3) is 11.5 Å². The van der Waals surface area contributed by atoms with E-state index >= 15 is 0 Å². The Morgan fingerprint density at radius 2 is 1.80 bits per heavy atom. The largest absolute Gasteiger partial charge is 0.449 e. The zero-order chi connectivity index (χ0) is 17.8. The SMILES string of the molecule is C[C@H](OC(=O)c1ccc(C=O)cc1)c1nnc(-c2ccc(F)cc2)o1. The number of hydrogen-bond donors (Lipinski definition) is 0. The zero-order valence-electron chi connectivity index (χ0n) is 13.2. The standard InChI is InChI=1S/C18H13FN2O4/c1-11(24-18(23)14-4-2-12(10-22)3-5-14)16-20-21-17(25-16)13-6-8-15(19)9-7-13/h2-11H,1H3/t11-/m0/s1. The highest BCUT2D eigenvalue weighted by molar-refractivity contribution is 5.90. The summed E-state index contributed by atoms with van der Waals surface area (Å²) in [6.45, 7) is 1.60. The van der Waals surface area contributed by atoms with E-state index in [0.29, 0.717) is 23.0 Å². The molecule has 1 aromatic heterocycles. The number of aldehydes is 1. The number of nitrogens with zero attached hydrogens (tertiary/aromatic N) is 2. The fraction of sp³-hybridized carbons (Fsp3) is 0.111. The number of esters is 1. The topological polar surface area (TPSA) is 82.3 Å². The molecule has 0 N–H and O–H groups in total. The van der Waals surface area contributed by atoms with Crippen LogP contribution in [0.3, 0.4) is 0 Å². The van der Waals surface area contributed by atoms with Crippen molar-refractivity contribution in [1.82, 2.24) is 10.2 Å². The van der Waals surface area contributed by atoms with Gasteiger partial charge >= 0.3 is 5.97 Å². The van der Waals surface area contributed by atoms with Crippen molar-refractivity contribution in [3.63, 3.8) is 0 Å². The summed E-state index contributed by atoms with van der Waals surface area (Å²) < 4.78 is 23.7. The first-order valence-corrected chi connectivity index (χ1v) is 7.42. The van der Waals surface area contributed by atoms with Crippen molar-refractivity contribution in [1.29, 1.82) is 0 Å². The number of halogens is 1. The minimum absolute atomic E-state index is 0.122. The Morgan fingerprint density at radius 1 is 1.12 bits per heavy atom. The van der Waals surface area contributed by atoms with E-state index in [1.165, 1.54) is 48.5 Å². The molecular weight excluding hydrogens is 327 g/mol. The number of carbonyl (C=O) groups is 2. The Labute approximate surface area is 142 Å². The van der Waals surface area contributed by atoms with Gasteiger partial charge in [0.25, 0.3) is 5.89 Å². The van der Waals surface area contributed by atoms with Gasteiger partial charge in [-0.25, -0.2) is 9.18 Å². The number of ether oxygens (including phenoxy) is 1. The van der Waals surface area contributed by atoms with Crippen molar-refractivity contribution in [3.8, 4) is 11.5 Å². The van der Waals surface area contributed by atoms with Crippen molar-refractivity contribution in [2.24, 2.45) is 0 Å². The predicted molar refractivity (Wildman–Crippen MR) is 85.4 cm³/mol. The molecule has 0 unspecified atom stereocenters. The van der Waals surface area contributed by atoms with E-state index in [4.69, 9.17) is 9.15 Å². The van der Waals surface area contributed by atoms with Crippen molar-refractivity contribution in [3.05, 3.63) is 71.4 Å². The number of benzene rings is 2. The van der Waals surface area contributed by atoms with Crippen LogP contribution in [0.1, 0.15) is 39.6 Å². The van der Waals surface area contributed by atoms with Crippen LogP contribution in [0.4, 0.5) is 4.39 Å². The molecule has 2 aromatic carbocycles. The molecule has 0 radical (unpaired) electrons. The molecule has 0 aliphatic rings. The van der Waals surface area contributed by atoms with Gasteiger partial charge in [-0.2, -0.15) is 0 Å². The van der Waals surface area contributed by atoms with Crippen LogP contribution in [0.15, 0.2) is 52.9 Å². The van der Waals surface area contributed by atoms with Gasteiger partial charge in [0.05, 0.1) is 5.56 Å². The lowest BCUT2D eigenvalue weighted by Gasteiger charge is -2.09. The lowest BCUT2D eigenvalue weighted by molar-refractivity contribution is 0.0279. The maximum absolute atomic E-state index is 12.9. The Kier molecular flexibility index (Phi) is 4.65. The van der Waals surface area contributed by atoms with Gasteiger partial charge in [0.15, 0.2) is 6.10 Å². The monoisotopic (exact) mass is 340 g/mol. The van der Waals surface area contributed by atoms with Crippen LogP contribution in [0.2, 0.25) is 0 Å². The van der Waals surface area contributed by atoms with Crippen LogP contribution in [-0.2, 0) is 4.74 Å². The Hall–Kier alpha value is -3.35. The zero-order valence-corrected chi connectivity index (χ0v) is 13.2. The van der Waals surface area contributed by atoms with Crippen LogP contribution in [0.5, 0.6) is 0 Å². The molecule has 3 aromatic rings. The molecule has 0 aliphatic carbocycles. The van der Waals surface area contributed by atoms with Crippen molar-refractivity contribution in [2.45, 2.75) is 13.0 Å². The van der Waals surface area contributed by atoms with E-state index in [1.807, 2.05) is 0 Å². The summed E-state index contributed by atoms with van der Waals surface area (Å²) in [4.78, 5) is 22.7. The summed E-state index contributed by atoms with van der Waals surface area (Å²) >= 11 is 0. The van der Waals surface area contributed by atoms with Crippen LogP contribution < -0.4 is 0 Å². The fourth-order valence-corrected chi connectivity index (χ4v) is 2.08. The van der Waals surface area contributed by atoms with Gasteiger partial charge in [0.2, 0.25) is 5.89 Å². The van der Waals surface area contributed by atoms with Crippen LogP contribution >= 0.6 is 0 Å². The minimum atomic E-state index is -0.764. The molecular formula is C18H13FN2O4. The quantitative estimate of drug-likeness (QED) is 0.521. The Balaban J connectivity index is 1.70. The molecule has 0 amide bonds. The van der Waals surface area contributed by atoms with Crippen molar-refractivity contribution in [2.75, 3.05) is 0 Å². The molecule has 0 saturated heterocycles. The molecule has 3 rings (SSSR count). The van der Waals surface area contributed by atoms with Crippen LogP contribution in [-0.4, -0.2) is 22.5 Å². The number of aromatic nitrogens is 2. The molecule has 0 saturated carbocycles. The third kappa shape index (κ3) is 3.77. The van der Waals surface area contributed by atoms with Crippen molar-refractivity contribution < 1.29 is 23.1 Å². The van der Waals surface area contributed by atoms with E-state index in [-0.39, 0.29) is 17.6 Å². The van der Waals surface area contributed by atoms with Gasteiger partial charge in [-0.3, -0.25) is 4.79 Å². The van der Waals surface area contributed by atoms with E-state index in [1.54, 1.807) is 6.92 Å². The summed E-state index contributed by atoms with van der Waals surface area (Å²) in [5.41, 5.74) is 1.32. The van der Waals surface area contributed by atoms with E-state index in [0.717, 1.165) is 0 Å². The van der Waals surface area contributed by atoms with Gasteiger partial charge in [-0.15, -0.1) is 10.2 Å². The first kappa shape index (κ1) is 16.5. The molecule has 0 spiro atoms. The summed E-state index contributed by atoms with van der Waals surface area (Å²) in [7, 11) is 0. The third-order valence-electron chi connectivity index (χ3n) is 3.45. The minimum Gasteiger partial charge on any atom is -0.449 e. The number of rotatable bonds is 5. The summed E-state index contributed by atoms with van der Waals surface area (Å²) in [6.07, 6.45) is -0.0763. The smallest absolute Gasteiger partial charge is 0.338 e. The van der Waals surface area contributed by atoms with E-state index < -0.39 is 12.1 Å². The molecule has 25 heavy (non-hydrogen) atoms. The molecule has 1 atom stereocenters. The lowest BCUT2D eigenvalue weighted by Crippen LogP contribution is -2.09. The van der Waals surface area contributed by atoms with Gasteiger partial charge in [-0.1, -0.05) is 12.1 Å². The second-order valence-corrected chi connectivity index (χ2v) is 5.24. The average Bonchev–Trinajstić information content (AvgIpc) is 3.12. The third-order valence-corrected chi connectivity index (χ3v) is 3.45. The van der Waals surface area contributed by atoms with E-state index in [2.05, 4.69) is 10.2 Å². The van der Waals surface area contributed by atoms with Gasteiger partial charge in [0.1, 0.15) is 12.1 Å². The molecule has 0 aliphatic heterocycles. The fourth-order valence-electron chi connectivity index (χ4n) is 2.08. The Morgan fingerprint density at radius 3 is 2.44 bits per heavy atom. The van der Waals surface area contributed by atoms with Crippen molar-refractivity contribution >= 4 is 12.3 Å². The predicted octanol–water partition coefficient (Wildman–Crippen LogP) is 3.61. The summed E-state index contributed by atoms with van der Waals surface area (Å²) in [5.74, 6) is -0.622. The maximum Gasteiger partial charge on any atom is 0.338 e. The second kappa shape index (κ2) is 7.04. The van der Waals surface area contributed by atoms with E-state index in [9.17, 15) is 14.0 Å². The molecule has 126 valence electrons. The first-order chi connectivity index (χ1) is 12.1. The van der Waals surface area contributed by atoms with Gasteiger partial charge in [-0.05, 0) is 43.3 Å². The van der Waals surface area contributed by atoms with Crippen LogP contribution in [0, 0.1) is 5.82 Å². The molecule has 0 fully saturated rings. The number of hydrogen-bond acceptors (Lipinski definition) is 6. The summed E-state index contributed by atoms with van der Waals surface area (Å²) in [5, 5.41) is 7.73. The molecule has 7 heteroatoms. The van der Waals surface area contributed by atoms with Gasteiger partial charge < -0.3 is 9.15 Å². The molecule has 1 heterocycles. The normalized spacial score (nSPS) is 11.8.